The largest absolute Gasteiger partial charge is 0.352 e. The van der Waals surface area contributed by atoms with Crippen LogP contribution in [0.3, 0.4) is 0 Å². The first-order valence-corrected chi connectivity index (χ1v) is 13.3. The quantitative estimate of drug-likeness (QED) is 0.577. The highest BCUT2D eigenvalue weighted by atomic mass is 35.5. The molecular formula is C27H31ClN6O2. The third kappa shape index (κ3) is 3.99. The molecule has 2 bridgehead atoms. The van der Waals surface area contributed by atoms with Crippen molar-refractivity contribution in [3.8, 4) is 11.8 Å². The maximum absolute atomic E-state index is 14.1. The molecular weight excluding hydrogens is 476 g/mol. The summed E-state index contributed by atoms with van der Waals surface area (Å²) in [6.45, 7) is 6.29. The number of hydrogen-bond donors (Lipinski definition) is 2. The second kappa shape index (κ2) is 9.20. The number of hydrogen-bond acceptors (Lipinski definition) is 6. The summed E-state index contributed by atoms with van der Waals surface area (Å²) in [6, 6.07) is 0.571. The van der Waals surface area contributed by atoms with Gasteiger partial charge in [-0.2, -0.15) is 0 Å². The lowest BCUT2D eigenvalue weighted by atomic mass is 9.77. The number of allylic oxidation sites excluding steroid dienone is 3. The molecule has 3 aliphatic heterocycles. The van der Waals surface area contributed by atoms with Crippen molar-refractivity contribution >= 4 is 35.1 Å². The van der Waals surface area contributed by atoms with Gasteiger partial charge in [0.2, 0.25) is 11.8 Å². The van der Waals surface area contributed by atoms with Crippen LogP contribution in [0.2, 0.25) is 0 Å². The number of aromatic nitrogens is 2. The van der Waals surface area contributed by atoms with Gasteiger partial charge in [-0.15, -0.1) is 0 Å². The molecule has 188 valence electrons. The van der Waals surface area contributed by atoms with Crippen LogP contribution in [-0.4, -0.2) is 64.4 Å². The number of anilines is 2. The standard InChI is InChI=1S/C27H31ClN6O2/c1-15(2)29-11-22(16-3-5-17(28)6-4-16)27(36)34-18-7-8-19(34)13-33(12-18)25-23-20-9-10-21(20)26(35)32-24(23)30-14-31-25/h3,5,14-15,18-22,29H,4,6-8,11-13H2,1-2H3,(H,30,31,32,35)/t18?,19?,20-,21+,22-/m1/s1. The average molecular weight is 507 g/mol. The first-order chi connectivity index (χ1) is 17.4. The predicted molar refractivity (Wildman–Crippen MR) is 138 cm³/mol. The first kappa shape index (κ1) is 23.5. The van der Waals surface area contributed by atoms with Gasteiger partial charge in [-0.3, -0.25) is 9.59 Å². The smallest absolute Gasteiger partial charge is 0.242 e. The monoisotopic (exact) mass is 506 g/mol. The molecule has 2 N–H and O–H groups in total. The van der Waals surface area contributed by atoms with Crippen LogP contribution in [0.4, 0.5) is 11.6 Å². The third-order valence-corrected chi connectivity index (χ3v) is 8.38. The fourth-order valence-electron chi connectivity index (χ4n) is 6.19. The van der Waals surface area contributed by atoms with E-state index >= 15 is 0 Å². The van der Waals surface area contributed by atoms with Crippen molar-refractivity contribution in [2.24, 2.45) is 11.8 Å². The zero-order valence-corrected chi connectivity index (χ0v) is 21.4. The summed E-state index contributed by atoms with van der Waals surface area (Å²) in [5, 5.41) is 7.24. The Balaban J connectivity index is 1.24. The highest BCUT2D eigenvalue weighted by Crippen LogP contribution is 2.44. The Kier molecular flexibility index (Phi) is 6.01. The van der Waals surface area contributed by atoms with Gasteiger partial charge in [0.1, 0.15) is 23.9 Å². The number of carbonyl (C=O) groups is 2. The lowest BCUT2D eigenvalue weighted by molar-refractivity contribution is -0.137. The Hall–Kier alpha value is -2.89. The Labute approximate surface area is 216 Å². The molecule has 36 heavy (non-hydrogen) atoms. The SMILES string of the molecule is CC(C)NC[C@@H](C(=O)N1C2CCC1CN(c1ncnc3c1[C@@H]1C#C[C@@H]1C(=O)N3)C2)C1=CC=C(Cl)CC1. The minimum absolute atomic E-state index is 0.0828. The van der Waals surface area contributed by atoms with Gasteiger partial charge in [0, 0.05) is 42.8 Å². The van der Waals surface area contributed by atoms with E-state index < -0.39 is 0 Å². The molecule has 2 saturated heterocycles. The topological polar surface area (TPSA) is 90.5 Å². The lowest BCUT2D eigenvalue weighted by Gasteiger charge is -2.44. The van der Waals surface area contributed by atoms with Gasteiger partial charge in [-0.05, 0) is 31.8 Å². The Morgan fingerprint density at radius 1 is 1.17 bits per heavy atom. The summed E-state index contributed by atoms with van der Waals surface area (Å²) >= 11 is 6.21. The van der Waals surface area contributed by atoms with Gasteiger partial charge >= 0.3 is 0 Å². The molecule has 2 amide bonds. The van der Waals surface area contributed by atoms with Gasteiger partial charge in [0.25, 0.3) is 0 Å². The summed E-state index contributed by atoms with van der Waals surface area (Å²) in [5.41, 5.74) is 2.09. The highest BCUT2D eigenvalue weighted by Gasteiger charge is 2.47. The normalized spacial score (nSPS) is 28.7. The molecule has 0 aromatic carbocycles. The van der Waals surface area contributed by atoms with E-state index in [9.17, 15) is 9.59 Å². The van der Waals surface area contributed by atoms with E-state index in [0.29, 0.717) is 18.4 Å². The highest BCUT2D eigenvalue weighted by molar-refractivity contribution is 6.29. The number of nitrogens with zero attached hydrogens (tertiary/aromatic N) is 4. The summed E-state index contributed by atoms with van der Waals surface area (Å²) in [7, 11) is 0. The molecule has 0 spiro atoms. The van der Waals surface area contributed by atoms with Crippen LogP contribution in [0.15, 0.2) is 29.1 Å². The molecule has 1 aromatic rings. The summed E-state index contributed by atoms with van der Waals surface area (Å²) in [4.78, 5) is 39.8. The van der Waals surface area contributed by atoms with Crippen molar-refractivity contribution in [1.82, 2.24) is 20.2 Å². The van der Waals surface area contributed by atoms with Crippen molar-refractivity contribution < 1.29 is 9.59 Å². The third-order valence-electron chi connectivity index (χ3n) is 8.07. The Morgan fingerprint density at radius 2 is 1.92 bits per heavy atom. The van der Waals surface area contributed by atoms with Crippen LogP contribution < -0.4 is 15.5 Å². The van der Waals surface area contributed by atoms with Crippen molar-refractivity contribution in [1.29, 1.82) is 0 Å². The van der Waals surface area contributed by atoms with Crippen LogP contribution in [0, 0.1) is 23.7 Å². The van der Waals surface area contributed by atoms with E-state index in [2.05, 4.69) is 56.1 Å². The van der Waals surface area contributed by atoms with Crippen molar-refractivity contribution in [3.05, 3.63) is 34.6 Å². The molecule has 2 unspecified atom stereocenters. The van der Waals surface area contributed by atoms with Gasteiger partial charge in [0.05, 0.1) is 17.4 Å². The van der Waals surface area contributed by atoms with E-state index in [1.54, 1.807) is 0 Å². The number of piperazine rings is 1. The molecule has 9 heteroatoms. The van der Waals surface area contributed by atoms with Crippen LogP contribution in [0.1, 0.15) is 51.0 Å². The molecule has 2 fully saturated rings. The van der Waals surface area contributed by atoms with Crippen LogP contribution in [0.5, 0.6) is 0 Å². The van der Waals surface area contributed by atoms with E-state index in [1.165, 1.54) is 6.33 Å². The zero-order valence-electron chi connectivity index (χ0n) is 20.6. The second-order valence-corrected chi connectivity index (χ2v) is 11.2. The molecule has 0 radical (unpaired) electrons. The van der Waals surface area contributed by atoms with Crippen LogP contribution in [-0.2, 0) is 9.59 Å². The van der Waals surface area contributed by atoms with Gasteiger partial charge in [0.15, 0.2) is 0 Å². The Bertz CT molecular complexity index is 1220. The number of amides is 2. The van der Waals surface area contributed by atoms with Crippen LogP contribution >= 0.6 is 11.6 Å². The number of carbonyl (C=O) groups excluding carboxylic acids is 2. The Morgan fingerprint density at radius 3 is 2.56 bits per heavy atom. The minimum Gasteiger partial charge on any atom is -0.352 e. The molecule has 1 aromatic heterocycles. The van der Waals surface area contributed by atoms with E-state index in [-0.39, 0.29) is 41.7 Å². The zero-order chi connectivity index (χ0) is 25.0. The number of rotatable bonds is 6. The van der Waals surface area contributed by atoms with E-state index in [4.69, 9.17) is 11.6 Å². The molecule has 5 aliphatic rings. The van der Waals surface area contributed by atoms with Gasteiger partial charge < -0.3 is 20.4 Å². The van der Waals surface area contributed by atoms with E-state index in [1.807, 2.05) is 12.2 Å². The fourth-order valence-corrected chi connectivity index (χ4v) is 6.35. The van der Waals surface area contributed by atoms with Crippen molar-refractivity contribution in [2.75, 3.05) is 29.9 Å². The van der Waals surface area contributed by atoms with Crippen molar-refractivity contribution in [3.63, 3.8) is 0 Å². The molecule has 2 aliphatic carbocycles. The second-order valence-electron chi connectivity index (χ2n) is 10.7. The lowest BCUT2D eigenvalue weighted by Crippen LogP contribution is -2.58. The molecule has 0 saturated carbocycles. The summed E-state index contributed by atoms with van der Waals surface area (Å²) < 4.78 is 0. The number of fused-ring (bicyclic) bond motifs is 5. The van der Waals surface area contributed by atoms with Gasteiger partial charge in [-0.25, -0.2) is 9.97 Å². The van der Waals surface area contributed by atoms with Crippen molar-refractivity contribution in [2.45, 2.75) is 63.6 Å². The molecule has 8 nitrogen and oxygen atoms in total. The maximum Gasteiger partial charge on any atom is 0.242 e. The van der Waals surface area contributed by atoms with Gasteiger partial charge in [-0.1, -0.05) is 48.9 Å². The number of nitrogens with one attached hydrogen (secondary N) is 2. The molecule has 5 atom stereocenters. The summed E-state index contributed by atoms with van der Waals surface area (Å²) in [5.74, 6) is 7.03. The summed E-state index contributed by atoms with van der Waals surface area (Å²) in [6.07, 6.45) is 9.09. The maximum atomic E-state index is 14.1. The average Bonchev–Trinajstić information content (AvgIpc) is 3.09. The molecule has 4 heterocycles. The fraction of sp³-hybridized carbons (Fsp3) is 0.556. The first-order valence-electron chi connectivity index (χ1n) is 12.9. The predicted octanol–water partition coefficient (Wildman–Crippen LogP) is 2.78. The number of halogens is 1. The minimum atomic E-state index is -0.317. The van der Waals surface area contributed by atoms with Crippen LogP contribution in [0.25, 0.3) is 0 Å². The van der Waals surface area contributed by atoms with E-state index in [0.717, 1.165) is 60.8 Å². The molecule has 6 rings (SSSR count).